The Morgan fingerprint density at radius 2 is 2.10 bits per heavy atom. The maximum atomic E-state index is 12.3. The molecule has 7 nitrogen and oxygen atoms in total. The number of fused-ring (bicyclic) bond motifs is 1. The number of thiazole rings is 1. The average molecular weight is 330 g/mol. The van der Waals surface area contributed by atoms with Crippen LogP contribution >= 0.6 is 11.3 Å². The van der Waals surface area contributed by atoms with E-state index in [9.17, 15) is 18.0 Å². The van der Waals surface area contributed by atoms with Crippen LogP contribution in [0.2, 0.25) is 0 Å². The highest BCUT2D eigenvalue weighted by Crippen LogP contribution is 2.23. The van der Waals surface area contributed by atoms with Crippen molar-refractivity contribution in [3.05, 3.63) is 22.0 Å². The maximum Gasteiger partial charge on any atom is 0.343 e. The summed E-state index contributed by atoms with van der Waals surface area (Å²) >= 11 is 0.770. The van der Waals surface area contributed by atoms with Gasteiger partial charge in [0.2, 0.25) is 19.6 Å². The molecule has 2 aromatic rings. The van der Waals surface area contributed by atoms with Gasteiger partial charge in [0.1, 0.15) is 10.3 Å². The molecule has 0 radical (unpaired) electrons. The zero-order chi connectivity index (χ0) is 15.8. The van der Waals surface area contributed by atoms with Gasteiger partial charge in [0.05, 0.1) is 6.61 Å². The molecule has 0 unspecified atom stereocenters. The lowest BCUT2D eigenvalue weighted by Crippen LogP contribution is -2.20. The maximum absolute atomic E-state index is 12.3. The van der Waals surface area contributed by atoms with Gasteiger partial charge in [-0.2, -0.15) is 0 Å². The SMILES string of the molecule is CCOC(=O)c1cn(CC)c2nc(S(C)(=O)=O)sc2c1=O. The summed E-state index contributed by atoms with van der Waals surface area (Å²) in [4.78, 5) is 28.1. The highest BCUT2D eigenvalue weighted by Gasteiger charge is 2.22. The normalized spacial score (nSPS) is 11.8. The molecule has 0 aliphatic rings. The second-order valence-corrected chi connectivity index (χ2v) is 7.47. The van der Waals surface area contributed by atoms with Crippen molar-refractivity contribution in [2.75, 3.05) is 12.9 Å². The summed E-state index contributed by atoms with van der Waals surface area (Å²) in [5, 5.41) is 0. The van der Waals surface area contributed by atoms with Crippen molar-refractivity contribution in [1.82, 2.24) is 9.55 Å². The van der Waals surface area contributed by atoms with Crippen LogP contribution in [0.15, 0.2) is 15.3 Å². The summed E-state index contributed by atoms with van der Waals surface area (Å²) in [7, 11) is -3.51. The number of carbonyl (C=O) groups is 1. The molecule has 0 aliphatic carbocycles. The quantitative estimate of drug-likeness (QED) is 0.778. The monoisotopic (exact) mass is 330 g/mol. The molecule has 0 saturated heterocycles. The van der Waals surface area contributed by atoms with Crippen LogP contribution in [0, 0.1) is 0 Å². The van der Waals surface area contributed by atoms with Gasteiger partial charge in [0, 0.05) is 19.0 Å². The van der Waals surface area contributed by atoms with Crippen LogP contribution < -0.4 is 5.43 Å². The predicted molar refractivity (Wildman–Crippen MR) is 78.6 cm³/mol. The first-order valence-corrected chi connectivity index (χ1v) is 8.91. The number of esters is 1. The smallest absolute Gasteiger partial charge is 0.343 e. The lowest BCUT2D eigenvalue weighted by atomic mass is 10.2. The second-order valence-electron chi connectivity index (χ2n) is 4.28. The molecule has 114 valence electrons. The van der Waals surface area contributed by atoms with Crippen molar-refractivity contribution in [3.63, 3.8) is 0 Å². The lowest BCUT2D eigenvalue weighted by molar-refractivity contribution is 0.0524. The topological polar surface area (TPSA) is 95.3 Å². The summed E-state index contributed by atoms with van der Waals surface area (Å²) in [6.45, 7) is 4.04. The molecule has 21 heavy (non-hydrogen) atoms. The number of carbonyl (C=O) groups excluding carboxylic acids is 1. The van der Waals surface area contributed by atoms with Crippen LogP contribution in [0.3, 0.4) is 0 Å². The van der Waals surface area contributed by atoms with E-state index >= 15 is 0 Å². The Bertz CT molecular complexity index is 864. The molecule has 0 atom stereocenters. The summed E-state index contributed by atoms with van der Waals surface area (Å²) in [6.07, 6.45) is 2.38. The Morgan fingerprint density at radius 1 is 1.43 bits per heavy atom. The Balaban J connectivity index is 2.80. The first-order valence-electron chi connectivity index (χ1n) is 6.20. The van der Waals surface area contributed by atoms with Gasteiger partial charge in [-0.15, -0.1) is 0 Å². The molecule has 0 spiro atoms. The molecule has 0 fully saturated rings. The van der Waals surface area contributed by atoms with Crippen molar-refractivity contribution >= 4 is 37.5 Å². The molecular formula is C12H14N2O5S2. The van der Waals surface area contributed by atoms with Crippen LogP contribution in [0.4, 0.5) is 0 Å². The van der Waals surface area contributed by atoms with E-state index in [2.05, 4.69) is 4.98 Å². The molecule has 0 saturated carbocycles. The molecule has 0 aromatic carbocycles. The zero-order valence-electron chi connectivity index (χ0n) is 11.7. The summed E-state index contributed by atoms with van der Waals surface area (Å²) in [5.74, 6) is -0.721. The first kappa shape index (κ1) is 15.6. The molecule has 0 amide bonds. The van der Waals surface area contributed by atoms with Gasteiger partial charge in [-0.3, -0.25) is 4.79 Å². The minimum Gasteiger partial charge on any atom is -0.462 e. The third kappa shape index (κ3) is 2.84. The van der Waals surface area contributed by atoms with Gasteiger partial charge < -0.3 is 9.30 Å². The van der Waals surface area contributed by atoms with Crippen molar-refractivity contribution in [2.45, 2.75) is 24.7 Å². The van der Waals surface area contributed by atoms with E-state index in [0.29, 0.717) is 6.54 Å². The molecule has 2 heterocycles. The van der Waals surface area contributed by atoms with Gasteiger partial charge >= 0.3 is 5.97 Å². The zero-order valence-corrected chi connectivity index (χ0v) is 13.4. The highest BCUT2D eigenvalue weighted by atomic mass is 32.2. The van der Waals surface area contributed by atoms with E-state index in [1.54, 1.807) is 18.4 Å². The molecule has 9 heteroatoms. The molecule has 0 bridgehead atoms. The van der Waals surface area contributed by atoms with Gasteiger partial charge in [-0.05, 0) is 13.8 Å². The van der Waals surface area contributed by atoms with Gasteiger partial charge in [-0.1, -0.05) is 11.3 Å². The van der Waals surface area contributed by atoms with Crippen LogP contribution in [0.1, 0.15) is 24.2 Å². The first-order chi connectivity index (χ1) is 9.79. The van der Waals surface area contributed by atoms with Gasteiger partial charge in [-0.25, -0.2) is 18.2 Å². The highest BCUT2D eigenvalue weighted by molar-refractivity contribution is 7.92. The average Bonchev–Trinajstić information content (AvgIpc) is 2.85. The number of pyridine rings is 1. The Hall–Kier alpha value is -1.74. The largest absolute Gasteiger partial charge is 0.462 e. The minimum atomic E-state index is -3.51. The summed E-state index contributed by atoms with van der Waals surface area (Å²) < 4.78 is 29.6. The van der Waals surface area contributed by atoms with Crippen LogP contribution in [-0.4, -0.2) is 36.8 Å². The van der Waals surface area contributed by atoms with Gasteiger partial charge in [0.15, 0.2) is 5.65 Å². The van der Waals surface area contributed by atoms with Gasteiger partial charge in [0.25, 0.3) is 0 Å². The number of hydrogen-bond acceptors (Lipinski definition) is 7. The third-order valence-corrected chi connectivity index (χ3v) is 5.47. The number of sulfone groups is 1. The fourth-order valence-corrected chi connectivity index (χ4v) is 3.66. The van der Waals surface area contributed by atoms with E-state index in [1.807, 2.05) is 0 Å². The number of aryl methyl sites for hydroxylation is 1. The minimum absolute atomic E-state index is 0.116. The van der Waals surface area contributed by atoms with E-state index in [1.165, 1.54) is 6.20 Å². The van der Waals surface area contributed by atoms with E-state index < -0.39 is 21.2 Å². The van der Waals surface area contributed by atoms with E-state index in [0.717, 1.165) is 17.6 Å². The van der Waals surface area contributed by atoms with Crippen molar-refractivity contribution in [1.29, 1.82) is 0 Å². The van der Waals surface area contributed by atoms with Crippen LogP contribution in [-0.2, 0) is 21.1 Å². The van der Waals surface area contributed by atoms with Crippen molar-refractivity contribution in [3.8, 4) is 0 Å². The molecule has 2 aromatic heterocycles. The predicted octanol–water partition coefficient (Wildman–Crippen LogP) is 1.06. The fraction of sp³-hybridized carbons (Fsp3) is 0.417. The van der Waals surface area contributed by atoms with Crippen LogP contribution in [0.25, 0.3) is 10.3 Å². The number of nitrogens with zero attached hydrogens (tertiary/aromatic N) is 2. The van der Waals surface area contributed by atoms with Crippen molar-refractivity contribution in [2.24, 2.45) is 0 Å². The number of ether oxygens (including phenoxy) is 1. The Labute approximate surface area is 125 Å². The third-order valence-electron chi connectivity index (χ3n) is 2.75. The molecule has 0 aliphatic heterocycles. The molecular weight excluding hydrogens is 316 g/mol. The number of rotatable bonds is 4. The fourth-order valence-electron chi connectivity index (χ4n) is 1.79. The Kier molecular flexibility index (Phi) is 4.15. The van der Waals surface area contributed by atoms with E-state index in [-0.39, 0.29) is 26.9 Å². The summed E-state index contributed by atoms with van der Waals surface area (Å²) in [5.41, 5.74) is -0.406. The van der Waals surface area contributed by atoms with Crippen LogP contribution in [0.5, 0.6) is 0 Å². The van der Waals surface area contributed by atoms with Crippen molar-refractivity contribution < 1.29 is 17.9 Å². The summed E-state index contributed by atoms with van der Waals surface area (Å²) in [6, 6.07) is 0. The lowest BCUT2D eigenvalue weighted by Gasteiger charge is -2.07. The molecule has 2 rings (SSSR count). The standard InChI is InChI=1S/C12H14N2O5S2/c1-4-14-6-7(11(16)19-5-2)8(15)9-10(14)13-12(20-9)21(3,17)18/h6H,4-5H2,1-3H3. The number of hydrogen-bond donors (Lipinski definition) is 0. The second kappa shape index (κ2) is 5.57. The molecule has 0 N–H and O–H groups in total. The van der Waals surface area contributed by atoms with E-state index in [4.69, 9.17) is 4.74 Å². The number of aromatic nitrogens is 2. The Morgan fingerprint density at radius 3 is 2.62 bits per heavy atom.